The minimum absolute atomic E-state index is 0.863. The Labute approximate surface area is 314 Å². The Morgan fingerprint density at radius 2 is 0.852 bits per heavy atom. The zero-order chi connectivity index (χ0) is 35.8. The van der Waals surface area contributed by atoms with E-state index in [0.717, 1.165) is 55.7 Å². The molecule has 0 saturated heterocycles. The minimum Gasteiger partial charge on any atom is -0.454 e. The Hall–Kier alpha value is -7.16. The van der Waals surface area contributed by atoms with Gasteiger partial charge in [0.15, 0.2) is 5.58 Å². The maximum absolute atomic E-state index is 6.63. The zero-order valence-electron chi connectivity index (χ0n) is 29.6. The van der Waals surface area contributed by atoms with Crippen molar-refractivity contribution < 1.29 is 4.42 Å². The summed E-state index contributed by atoms with van der Waals surface area (Å²) < 4.78 is 6.63. The predicted octanol–water partition coefficient (Wildman–Crippen LogP) is 14.9. The van der Waals surface area contributed by atoms with Gasteiger partial charge in [-0.25, -0.2) is 0 Å². The molecule has 0 saturated carbocycles. The van der Waals surface area contributed by atoms with Gasteiger partial charge in [-0.1, -0.05) is 164 Å². The Kier molecular flexibility index (Phi) is 7.85. The molecule has 254 valence electrons. The standard InChI is InChI=1S/C52H35NO/c1-2-13-36(14-3-1)39-17-8-18-40(33-39)37-29-31-44(32-30-37)53(50-27-12-26-49-48-24-6-7-28-51(48)54-52(49)50)45-22-10-20-42(35-45)41-19-9-21-43(34-41)47-25-11-16-38-15-4-5-23-46(38)47/h1-35H. The third-order valence-electron chi connectivity index (χ3n) is 10.5. The van der Waals surface area contributed by atoms with Crippen molar-refractivity contribution in [2.45, 2.75) is 0 Å². The van der Waals surface area contributed by atoms with E-state index in [2.05, 4.69) is 205 Å². The number of anilines is 3. The summed E-state index contributed by atoms with van der Waals surface area (Å²) in [7, 11) is 0. The van der Waals surface area contributed by atoms with Crippen LogP contribution in [0.1, 0.15) is 0 Å². The van der Waals surface area contributed by atoms with Crippen molar-refractivity contribution >= 4 is 49.8 Å². The molecule has 0 aliphatic heterocycles. The lowest BCUT2D eigenvalue weighted by molar-refractivity contribution is 0.669. The van der Waals surface area contributed by atoms with Crippen LogP contribution < -0.4 is 4.90 Å². The van der Waals surface area contributed by atoms with Crippen molar-refractivity contribution in [3.05, 3.63) is 212 Å². The van der Waals surface area contributed by atoms with Gasteiger partial charge in [-0.2, -0.15) is 0 Å². The van der Waals surface area contributed by atoms with Crippen LogP contribution in [0.3, 0.4) is 0 Å². The highest BCUT2D eigenvalue weighted by Gasteiger charge is 2.20. The molecule has 0 atom stereocenters. The van der Waals surface area contributed by atoms with E-state index in [-0.39, 0.29) is 0 Å². The fourth-order valence-electron chi connectivity index (χ4n) is 7.82. The third kappa shape index (κ3) is 5.71. The molecule has 0 aliphatic carbocycles. The minimum atomic E-state index is 0.863. The molecule has 0 bridgehead atoms. The SMILES string of the molecule is c1ccc(-c2cccc(-c3ccc(N(c4cccc(-c5cccc(-c6cccc7ccccc67)c5)c4)c4cccc5c4oc4ccccc45)cc3)c2)cc1. The molecule has 0 radical (unpaired) electrons. The average Bonchev–Trinajstić information content (AvgIpc) is 3.64. The Balaban J connectivity index is 1.09. The molecule has 1 heterocycles. The maximum Gasteiger partial charge on any atom is 0.159 e. The number of furan rings is 1. The number of rotatable bonds is 7. The van der Waals surface area contributed by atoms with E-state index in [1.165, 1.54) is 38.6 Å². The summed E-state index contributed by atoms with van der Waals surface area (Å²) in [6, 6.07) is 75.8. The van der Waals surface area contributed by atoms with Crippen LogP contribution in [0.2, 0.25) is 0 Å². The maximum atomic E-state index is 6.63. The molecule has 2 heteroatoms. The lowest BCUT2D eigenvalue weighted by Gasteiger charge is -2.26. The number of hydrogen-bond acceptors (Lipinski definition) is 2. The van der Waals surface area contributed by atoms with Gasteiger partial charge in [-0.3, -0.25) is 0 Å². The van der Waals surface area contributed by atoms with Crippen molar-refractivity contribution in [3.63, 3.8) is 0 Å². The number of nitrogens with zero attached hydrogens (tertiary/aromatic N) is 1. The summed E-state index contributed by atoms with van der Waals surface area (Å²) in [6.45, 7) is 0. The second-order valence-electron chi connectivity index (χ2n) is 13.7. The summed E-state index contributed by atoms with van der Waals surface area (Å²) in [6.07, 6.45) is 0. The number of fused-ring (bicyclic) bond motifs is 4. The van der Waals surface area contributed by atoms with E-state index in [0.29, 0.717) is 0 Å². The normalized spacial score (nSPS) is 11.3. The van der Waals surface area contributed by atoms with Crippen LogP contribution in [-0.2, 0) is 0 Å². The number of hydrogen-bond donors (Lipinski definition) is 0. The van der Waals surface area contributed by atoms with Gasteiger partial charge >= 0.3 is 0 Å². The molecule has 1 aromatic heterocycles. The monoisotopic (exact) mass is 689 g/mol. The second-order valence-corrected chi connectivity index (χ2v) is 13.7. The Bertz CT molecular complexity index is 2930. The van der Waals surface area contributed by atoms with Crippen molar-refractivity contribution in [3.8, 4) is 44.5 Å². The molecule has 54 heavy (non-hydrogen) atoms. The summed E-state index contributed by atoms with van der Waals surface area (Å²) in [4.78, 5) is 2.33. The highest BCUT2D eigenvalue weighted by Crippen LogP contribution is 2.43. The first-order valence-corrected chi connectivity index (χ1v) is 18.4. The first-order chi connectivity index (χ1) is 26.8. The molecular weight excluding hydrogens is 655 g/mol. The first-order valence-electron chi connectivity index (χ1n) is 18.4. The molecule has 10 aromatic rings. The Morgan fingerprint density at radius 1 is 0.315 bits per heavy atom. The summed E-state index contributed by atoms with van der Waals surface area (Å²) in [5.41, 5.74) is 14.3. The predicted molar refractivity (Wildman–Crippen MR) is 228 cm³/mol. The average molecular weight is 690 g/mol. The van der Waals surface area contributed by atoms with Crippen LogP contribution >= 0.6 is 0 Å². The molecule has 0 fully saturated rings. The van der Waals surface area contributed by atoms with Crippen LogP contribution in [0.4, 0.5) is 17.1 Å². The summed E-state index contributed by atoms with van der Waals surface area (Å²) >= 11 is 0. The molecule has 0 spiro atoms. The van der Waals surface area contributed by atoms with Crippen LogP contribution in [0.25, 0.3) is 77.2 Å². The molecule has 0 aliphatic rings. The fourth-order valence-corrected chi connectivity index (χ4v) is 7.82. The lowest BCUT2D eigenvalue weighted by Crippen LogP contribution is -2.10. The van der Waals surface area contributed by atoms with Crippen molar-refractivity contribution in [2.75, 3.05) is 4.90 Å². The topological polar surface area (TPSA) is 16.4 Å². The van der Waals surface area contributed by atoms with Gasteiger partial charge in [0.1, 0.15) is 5.58 Å². The van der Waals surface area contributed by atoms with Crippen molar-refractivity contribution in [1.82, 2.24) is 0 Å². The molecule has 10 rings (SSSR count). The van der Waals surface area contributed by atoms with Crippen LogP contribution in [0, 0.1) is 0 Å². The quantitative estimate of drug-likeness (QED) is 0.166. The number of benzene rings is 9. The highest BCUT2D eigenvalue weighted by atomic mass is 16.3. The van der Waals surface area contributed by atoms with Gasteiger partial charge < -0.3 is 9.32 Å². The van der Waals surface area contributed by atoms with Gasteiger partial charge in [0.25, 0.3) is 0 Å². The van der Waals surface area contributed by atoms with Gasteiger partial charge in [0.05, 0.1) is 5.69 Å². The van der Waals surface area contributed by atoms with E-state index in [4.69, 9.17) is 4.42 Å². The summed E-state index contributed by atoms with van der Waals surface area (Å²) in [5.74, 6) is 0. The zero-order valence-corrected chi connectivity index (χ0v) is 29.6. The highest BCUT2D eigenvalue weighted by molar-refractivity contribution is 6.10. The molecular formula is C52H35NO. The van der Waals surface area contributed by atoms with E-state index in [1.807, 2.05) is 12.1 Å². The van der Waals surface area contributed by atoms with Gasteiger partial charge in [0, 0.05) is 22.1 Å². The summed E-state index contributed by atoms with van der Waals surface area (Å²) in [5, 5.41) is 4.71. The fraction of sp³-hybridized carbons (Fsp3) is 0. The van der Waals surface area contributed by atoms with Crippen LogP contribution in [0.15, 0.2) is 217 Å². The smallest absolute Gasteiger partial charge is 0.159 e. The van der Waals surface area contributed by atoms with Crippen molar-refractivity contribution in [1.29, 1.82) is 0 Å². The molecule has 2 nitrogen and oxygen atoms in total. The third-order valence-corrected chi connectivity index (χ3v) is 10.5. The van der Waals surface area contributed by atoms with E-state index in [1.54, 1.807) is 0 Å². The molecule has 0 unspecified atom stereocenters. The van der Waals surface area contributed by atoms with E-state index >= 15 is 0 Å². The molecule has 0 N–H and O–H groups in total. The Morgan fingerprint density at radius 3 is 1.67 bits per heavy atom. The van der Waals surface area contributed by atoms with Gasteiger partial charge in [-0.15, -0.1) is 0 Å². The van der Waals surface area contributed by atoms with E-state index < -0.39 is 0 Å². The molecule has 9 aromatic carbocycles. The molecule has 0 amide bonds. The number of para-hydroxylation sites is 2. The van der Waals surface area contributed by atoms with E-state index in [9.17, 15) is 0 Å². The van der Waals surface area contributed by atoms with Crippen LogP contribution in [-0.4, -0.2) is 0 Å². The van der Waals surface area contributed by atoms with Gasteiger partial charge in [-0.05, 0) is 104 Å². The largest absolute Gasteiger partial charge is 0.454 e. The first kappa shape index (κ1) is 31.6. The second kappa shape index (κ2) is 13.4. The van der Waals surface area contributed by atoms with Crippen LogP contribution in [0.5, 0.6) is 0 Å². The lowest BCUT2D eigenvalue weighted by atomic mass is 9.95. The van der Waals surface area contributed by atoms with Gasteiger partial charge in [0.2, 0.25) is 0 Å². The van der Waals surface area contributed by atoms with Crippen molar-refractivity contribution in [2.24, 2.45) is 0 Å².